The molecule has 0 amide bonds. The van der Waals surface area contributed by atoms with E-state index in [1.807, 2.05) is 0 Å². The van der Waals surface area contributed by atoms with Crippen LogP contribution in [0.2, 0.25) is 0 Å². The van der Waals surface area contributed by atoms with Gasteiger partial charge in [-0.1, -0.05) is 6.08 Å². The Kier molecular flexibility index (Phi) is 8.35. The van der Waals surface area contributed by atoms with Crippen molar-refractivity contribution >= 4 is 81.2 Å². The van der Waals surface area contributed by atoms with Crippen molar-refractivity contribution in [3.63, 3.8) is 0 Å². The van der Waals surface area contributed by atoms with Crippen molar-refractivity contribution in [3.05, 3.63) is 24.3 Å². The summed E-state index contributed by atoms with van der Waals surface area (Å²) in [5.41, 5.74) is -0.437. The molecular weight excluding hydrogens is 258 g/mol. The molecule has 0 spiro atoms. The first-order valence-electron chi connectivity index (χ1n) is 3.43. The Hall–Kier alpha value is 0.530. The molecule has 1 atom stereocenters. The summed E-state index contributed by atoms with van der Waals surface area (Å²) in [4.78, 5) is 21.5. The number of ether oxygens (including phenoxy) is 1. The molecule has 0 aromatic heterocycles. The van der Waals surface area contributed by atoms with Crippen molar-refractivity contribution in [3.8, 4) is 0 Å². The fourth-order valence-corrected chi connectivity index (χ4v) is 1.70. The zero-order valence-corrected chi connectivity index (χ0v) is 7.65. The van der Waals surface area contributed by atoms with Crippen LogP contribution < -0.4 is 0 Å². The first kappa shape index (κ1) is 18.9. The van der Waals surface area contributed by atoms with Gasteiger partial charge in [-0.25, -0.2) is 9.59 Å². The monoisotopic (exact) mass is 266 g/mol. The van der Waals surface area contributed by atoms with Gasteiger partial charge in [0.25, 0.3) is 10.1 Å². The Morgan fingerprint density at radius 2 is 1.88 bits per heavy atom. The molecule has 0 aromatic rings. The fourth-order valence-electron chi connectivity index (χ4n) is 0.973. The molecule has 1 rings (SSSR count). The van der Waals surface area contributed by atoms with Crippen LogP contribution in [0.15, 0.2) is 24.3 Å². The number of carbonyl (C=O) groups excluding carboxylic acids is 2. The van der Waals surface area contributed by atoms with Crippen molar-refractivity contribution in [1.29, 1.82) is 0 Å². The van der Waals surface area contributed by atoms with Gasteiger partial charge in [0, 0.05) is 6.08 Å². The normalized spacial score (nSPS) is 16.4. The summed E-state index contributed by atoms with van der Waals surface area (Å²) >= 11 is 0. The summed E-state index contributed by atoms with van der Waals surface area (Å²) in [5, 5.41) is -1.62. The maximum atomic E-state index is 10.9. The van der Waals surface area contributed by atoms with Gasteiger partial charge < -0.3 is 4.74 Å². The Morgan fingerprint density at radius 1 is 1.38 bits per heavy atom. The standard InChI is InChI=1S/C7H6O6S.2Na.2H/c1-2-5(14(10,11)12)4-3-6(8)13-7(4)9;;;;/h2-3,5H,1H2,(H,10,11,12);;;;. The van der Waals surface area contributed by atoms with Gasteiger partial charge in [0.1, 0.15) is 5.25 Å². The van der Waals surface area contributed by atoms with E-state index in [4.69, 9.17) is 4.55 Å². The zero-order chi connectivity index (χ0) is 10.9. The molecular formula is C7H8Na2O6S. The van der Waals surface area contributed by atoms with Gasteiger partial charge in [-0.3, -0.25) is 4.55 Å². The van der Waals surface area contributed by atoms with E-state index in [1.54, 1.807) is 0 Å². The maximum absolute atomic E-state index is 10.9. The molecule has 0 aliphatic carbocycles. The molecule has 0 aromatic carbocycles. The molecule has 1 aliphatic rings. The summed E-state index contributed by atoms with van der Waals surface area (Å²) in [7, 11) is -4.49. The molecule has 0 saturated carbocycles. The van der Waals surface area contributed by atoms with Crippen molar-refractivity contribution in [1.82, 2.24) is 0 Å². The first-order valence-corrected chi connectivity index (χ1v) is 4.93. The minimum atomic E-state index is -4.49. The molecule has 1 aliphatic heterocycles. The van der Waals surface area contributed by atoms with Gasteiger partial charge in [-0.15, -0.1) is 6.58 Å². The van der Waals surface area contributed by atoms with E-state index in [-0.39, 0.29) is 59.1 Å². The molecule has 16 heavy (non-hydrogen) atoms. The summed E-state index contributed by atoms with van der Waals surface area (Å²) < 4.78 is 34.2. The molecule has 1 N–H and O–H groups in total. The van der Waals surface area contributed by atoms with Crippen LogP contribution in [0.4, 0.5) is 0 Å². The molecule has 6 nitrogen and oxygen atoms in total. The van der Waals surface area contributed by atoms with Crippen LogP contribution in [0.25, 0.3) is 0 Å². The average molecular weight is 266 g/mol. The second-order valence-corrected chi connectivity index (χ2v) is 4.02. The number of hydrogen-bond acceptors (Lipinski definition) is 5. The van der Waals surface area contributed by atoms with E-state index in [9.17, 15) is 18.0 Å². The van der Waals surface area contributed by atoms with E-state index in [0.717, 1.165) is 6.08 Å². The van der Waals surface area contributed by atoms with E-state index in [0.29, 0.717) is 6.08 Å². The third-order valence-corrected chi connectivity index (χ3v) is 2.63. The van der Waals surface area contributed by atoms with Gasteiger partial charge in [0.05, 0.1) is 5.57 Å². The van der Waals surface area contributed by atoms with Gasteiger partial charge in [-0.05, 0) is 0 Å². The van der Waals surface area contributed by atoms with E-state index in [1.165, 1.54) is 0 Å². The molecule has 0 fully saturated rings. The molecule has 1 unspecified atom stereocenters. The van der Waals surface area contributed by atoms with E-state index in [2.05, 4.69) is 11.3 Å². The van der Waals surface area contributed by atoms with Crippen LogP contribution in [0, 0.1) is 0 Å². The Labute approximate surface area is 136 Å². The van der Waals surface area contributed by atoms with Crippen LogP contribution in [-0.4, -0.2) is 89.3 Å². The predicted octanol–water partition coefficient (Wildman–Crippen LogP) is -1.86. The average Bonchev–Trinajstić information content (AvgIpc) is 2.29. The Bertz CT molecular complexity index is 438. The summed E-state index contributed by atoms with van der Waals surface area (Å²) in [6, 6.07) is 0. The third-order valence-electron chi connectivity index (χ3n) is 1.54. The predicted molar refractivity (Wildman–Crippen MR) is 59.0 cm³/mol. The first-order chi connectivity index (χ1) is 6.36. The molecule has 0 saturated heterocycles. The van der Waals surface area contributed by atoms with Gasteiger partial charge in [0.2, 0.25) is 0 Å². The van der Waals surface area contributed by atoms with E-state index >= 15 is 0 Å². The quantitative estimate of drug-likeness (QED) is 0.211. The van der Waals surface area contributed by atoms with Crippen molar-refractivity contribution in [2.75, 3.05) is 0 Å². The topological polar surface area (TPSA) is 97.7 Å². The molecule has 9 heteroatoms. The van der Waals surface area contributed by atoms with Crippen LogP contribution in [0.5, 0.6) is 0 Å². The number of cyclic esters (lactones) is 2. The summed E-state index contributed by atoms with van der Waals surface area (Å²) in [6.07, 6.45) is 1.55. The molecule has 1 heterocycles. The van der Waals surface area contributed by atoms with Crippen molar-refractivity contribution in [2.24, 2.45) is 0 Å². The number of rotatable bonds is 3. The third kappa shape index (κ3) is 4.42. The van der Waals surface area contributed by atoms with Gasteiger partial charge >= 0.3 is 71.1 Å². The Morgan fingerprint density at radius 3 is 2.12 bits per heavy atom. The van der Waals surface area contributed by atoms with Gasteiger partial charge in [-0.2, -0.15) is 8.42 Å². The molecule has 0 bridgehead atoms. The summed E-state index contributed by atoms with van der Waals surface area (Å²) in [6.45, 7) is 3.13. The number of hydrogen-bond donors (Lipinski definition) is 1. The van der Waals surface area contributed by atoms with E-state index < -0.39 is 32.9 Å². The number of carbonyl (C=O) groups is 2. The minimum absolute atomic E-state index is 0. The fraction of sp³-hybridized carbons (Fsp3) is 0.143. The number of esters is 2. The van der Waals surface area contributed by atoms with Crippen molar-refractivity contribution < 1.29 is 27.3 Å². The van der Waals surface area contributed by atoms with Crippen LogP contribution in [-0.2, 0) is 24.4 Å². The van der Waals surface area contributed by atoms with Gasteiger partial charge in [0.15, 0.2) is 0 Å². The molecule has 0 radical (unpaired) electrons. The Balaban J connectivity index is 0. The second kappa shape index (κ2) is 7.07. The van der Waals surface area contributed by atoms with Crippen molar-refractivity contribution in [2.45, 2.75) is 5.25 Å². The second-order valence-electron chi connectivity index (χ2n) is 2.48. The molecule has 80 valence electrons. The zero-order valence-electron chi connectivity index (χ0n) is 6.84. The van der Waals surface area contributed by atoms with Crippen LogP contribution in [0.1, 0.15) is 0 Å². The SMILES string of the molecule is C=CC(C1=CC(=O)OC1=O)S(=O)(=O)O.[NaH].[NaH]. The van der Waals surface area contributed by atoms with Crippen LogP contribution >= 0.6 is 0 Å². The van der Waals surface area contributed by atoms with Crippen LogP contribution in [0.3, 0.4) is 0 Å². The summed E-state index contributed by atoms with van der Waals surface area (Å²) in [5.74, 6) is -2.04.